The third-order valence-corrected chi connectivity index (χ3v) is 8.76. The van der Waals surface area contributed by atoms with Gasteiger partial charge < -0.3 is 5.32 Å². The molecule has 3 aliphatic rings. The minimum atomic E-state index is -0.580. The largest absolute Gasteiger partial charge is 0.352 e. The van der Waals surface area contributed by atoms with E-state index in [1.54, 1.807) is 4.57 Å². The van der Waals surface area contributed by atoms with Crippen LogP contribution in [0.3, 0.4) is 0 Å². The van der Waals surface area contributed by atoms with E-state index in [1.165, 1.54) is 10.6 Å². The molecule has 1 saturated carbocycles. The predicted molar refractivity (Wildman–Crippen MR) is 131 cm³/mol. The van der Waals surface area contributed by atoms with Gasteiger partial charge in [-0.3, -0.25) is 23.6 Å². The zero-order valence-corrected chi connectivity index (χ0v) is 20.4. The monoisotopic (exact) mass is 489 g/mol. The van der Waals surface area contributed by atoms with Gasteiger partial charge in [-0.05, 0) is 82.5 Å². The SMILES string of the molecule is CN1CCCC1C(=O)NC1CCC(n2c(=O)c3cc(F)cnc3n(C3CCSCC3)c2=O)CC1. The molecule has 184 valence electrons. The molecule has 10 heteroatoms. The second-order valence-corrected chi connectivity index (χ2v) is 11.1. The first-order valence-corrected chi connectivity index (χ1v) is 13.5. The molecule has 2 saturated heterocycles. The van der Waals surface area contributed by atoms with E-state index >= 15 is 0 Å². The highest BCUT2D eigenvalue weighted by Crippen LogP contribution is 2.30. The van der Waals surface area contributed by atoms with Crippen molar-refractivity contribution in [3.63, 3.8) is 0 Å². The van der Waals surface area contributed by atoms with Crippen LogP contribution in [0.25, 0.3) is 11.0 Å². The van der Waals surface area contributed by atoms with E-state index in [0.29, 0.717) is 25.7 Å². The number of pyridine rings is 1. The molecule has 0 radical (unpaired) electrons. The van der Waals surface area contributed by atoms with E-state index in [1.807, 2.05) is 18.8 Å². The third kappa shape index (κ3) is 4.42. The fourth-order valence-corrected chi connectivity index (χ4v) is 6.90. The Kier molecular flexibility index (Phi) is 6.79. The van der Waals surface area contributed by atoms with Gasteiger partial charge in [0.1, 0.15) is 11.5 Å². The van der Waals surface area contributed by atoms with Crippen molar-refractivity contribution in [1.29, 1.82) is 0 Å². The van der Waals surface area contributed by atoms with Crippen molar-refractivity contribution in [2.75, 3.05) is 25.1 Å². The molecule has 2 aromatic heterocycles. The number of hydrogen-bond acceptors (Lipinski definition) is 6. The first-order valence-electron chi connectivity index (χ1n) is 12.3. The number of likely N-dealkylation sites (N-methyl/N-ethyl adjacent to an activating group) is 1. The van der Waals surface area contributed by atoms with E-state index in [4.69, 9.17) is 0 Å². The average molecular weight is 490 g/mol. The molecule has 0 spiro atoms. The lowest BCUT2D eigenvalue weighted by Gasteiger charge is -2.32. The number of nitrogens with one attached hydrogen (secondary N) is 1. The Bertz CT molecular complexity index is 1180. The summed E-state index contributed by atoms with van der Waals surface area (Å²) in [6.07, 6.45) is 7.30. The van der Waals surface area contributed by atoms with Gasteiger partial charge >= 0.3 is 5.69 Å². The molecular weight excluding hydrogens is 457 g/mol. The van der Waals surface area contributed by atoms with Gasteiger partial charge in [-0.1, -0.05) is 0 Å². The van der Waals surface area contributed by atoms with Crippen LogP contribution < -0.4 is 16.6 Å². The molecule has 0 aromatic carbocycles. The van der Waals surface area contributed by atoms with Gasteiger partial charge in [0.2, 0.25) is 5.91 Å². The van der Waals surface area contributed by atoms with Crippen molar-refractivity contribution in [2.24, 2.45) is 0 Å². The van der Waals surface area contributed by atoms with Crippen molar-refractivity contribution < 1.29 is 9.18 Å². The number of likely N-dealkylation sites (tertiary alicyclic amines) is 1. The highest BCUT2D eigenvalue weighted by molar-refractivity contribution is 7.99. The van der Waals surface area contributed by atoms with Crippen LogP contribution in [0, 0.1) is 5.82 Å². The number of carbonyl (C=O) groups is 1. The number of halogens is 1. The van der Waals surface area contributed by atoms with E-state index in [2.05, 4.69) is 15.2 Å². The second kappa shape index (κ2) is 9.81. The molecule has 8 nitrogen and oxygen atoms in total. The first kappa shape index (κ1) is 23.5. The molecule has 0 bridgehead atoms. The lowest BCUT2D eigenvalue weighted by Crippen LogP contribution is -2.49. The van der Waals surface area contributed by atoms with E-state index in [0.717, 1.165) is 49.9 Å². The highest BCUT2D eigenvalue weighted by Gasteiger charge is 2.32. The van der Waals surface area contributed by atoms with Crippen LogP contribution in [0.1, 0.15) is 63.5 Å². The number of aromatic nitrogens is 3. The summed E-state index contributed by atoms with van der Waals surface area (Å²) < 4.78 is 17.0. The van der Waals surface area contributed by atoms with E-state index < -0.39 is 11.4 Å². The van der Waals surface area contributed by atoms with Crippen molar-refractivity contribution in [3.05, 3.63) is 38.9 Å². The maximum Gasteiger partial charge on any atom is 0.333 e. The number of fused-ring (bicyclic) bond motifs is 1. The molecule has 1 aliphatic carbocycles. The van der Waals surface area contributed by atoms with Crippen molar-refractivity contribution >= 4 is 28.7 Å². The van der Waals surface area contributed by atoms with Crippen molar-refractivity contribution in [3.8, 4) is 0 Å². The van der Waals surface area contributed by atoms with Crippen LogP contribution in [-0.4, -0.2) is 62.1 Å². The Morgan fingerprint density at radius 1 is 1.06 bits per heavy atom. The van der Waals surface area contributed by atoms with Gasteiger partial charge in [0.15, 0.2) is 0 Å². The van der Waals surface area contributed by atoms with Gasteiger partial charge in [-0.25, -0.2) is 14.2 Å². The van der Waals surface area contributed by atoms with Crippen LogP contribution in [-0.2, 0) is 4.79 Å². The lowest BCUT2D eigenvalue weighted by molar-refractivity contribution is -0.126. The van der Waals surface area contributed by atoms with Gasteiger partial charge in [0.05, 0.1) is 17.6 Å². The van der Waals surface area contributed by atoms with Crippen LogP contribution in [0.15, 0.2) is 21.9 Å². The Labute approximate surface area is 201 Å². The molecule has 34 heavy (non-hydrogen) atoms. The number of amides is 1. The molecule has 4 heterocycles. The number of thioether (sulfide) groups is 1. The van der Waals surface area contributed by atoms with E-state index in [-0.39, 0.29) is 46.8 Å². The molecular formula is C24H32FN5O3S. The maximum absolute atomic E-state index is 14.0. The predicted octanol–water partition coefficient (Wildman–Crippen LogP) is 2.46. The van der Waals surface area contributed by atoms with Crippen LogP contribution in [0.4, 0.5) is 4.39 Å². The Balaban J connectivity index is 1.41. The minimum absolute atomic E-state index is 0.0416. The van der Waals surface area contributed by atoms with Crippen LogP contribution >= 0.6 is 11.8 Å². The first-order chi connectivity index (χ1) is 16.4. The van der Waals surface area contributed by atoms with Gasteiger partial charge in [-0.15, -0.1) is 0 Å². The summed E-state index contributed by atoms with van der Waals surface area (Å²) >= 11 is 1.85. The number of nitrogens with zero attached hydrogens (tertiary/aromatic N) is 4. The van der Waals surface area contributed by atoms with Crippen LogP contribution in [0.2, 0.25) is 0 Å². The highest BCUT2D eigenvalue weighted by atomic mass is 32.2. The zero-order chi connectivity index (χ0) is 23.8. The Morgan fingerprint density at radius 2 is 1.76 bits per heavy atom. The summed E-state index contributed by atoms with van der Waals surface area (Å²) in [5, 5.41) is 3.34. The molecule has 2 aliphatic heterocycles. The Morgan fingerprint density at radius 3 is 2.44 bits per heavy atom. The summed E-state index contributed by atoms with van der Waals surface area (Å²) in [4.78, 5) is 46.0. The quantitative estimate of drug-likeness (QED) is 0.710. The van der Waals surface area contributed by atoms with Crippen molar-refractivity contribution in [2.45, 2.75) is 75.5 Å². The summed E-state index contributed by atoms with van der Waals surface area (Å²) in [6.45, 7) is 0.942. The smallest absolute Gasteiger partial charge is 0.333 e. The van der Waals surface area contributed by atoms with Gasteiger partial charge in [0.25, 0.3) is 5.56 Å². The molecule has 1 atom stereocenters. The lowest BCUT2D eigenvalue weighted by atomic mass is 9.90. The molecule has 1 unspecified atom stereocenters. The fourth-order valence-electron chi connectivity index (χ4n) is 5.82. The fraction of sp³-hybridized carbons (Fsp3) is 0.667. The standard InChI is InChI=1S/C24H32FN5O3S/c1-28-10-2-3-20(28)22(31)27-16-4-6-17(7-5-16)30-23(32)19-13-15(25)14-26-21(19)29(24(30)33)18-8-11-34-12-9-18/h13-14,16-18,20H,2-12H2,1H3,(H,27,31). The van der Waals surface area contributed by atoms with Gasteiger partial charge in [-0.2, -0.15) is 11.8 Å². The average Bonchev–Trinajstić information content (AvgIpc) is 3.27. The number of hydrogen-bond donors (Lipinski definition) is 1. The third-order valence-electron chi connectivity index (χ3n) is 7.71. The maximum atomic E-state index is 14.0. The number of carbonyl (C=O) groups excluding carboxylic acids is 1. The summed E-state index contributed by atoms with van der Waals surface area (Å²) in [5.74, 6) is 1.38. The molecule has 3 fully saturated rings. The Hall–Kier alpha value is -2.20. The molecule has 1 amide bonds. The van der Waals surface area contributed by atoms with Crippen molar-refractivity contribution in [1.82, 2.24) is 24.3 Å². The summed E-state index contributed by atoms with van der Waals surface area (Å²) in [6, 6.07) is 0.882. The van der Waals surface area contributed by atoms with Crippen LogP contribution in [0.5, 0.6) is 0 Å². The second-order valence-electron chi connectivity index (χ2n) is 9.85. The number of rotatable bonds is 4. The topological polar surface area (TPSA) is 89.2 Å². The zero-order valence-electron chi connectivity index (χ0n) is 19.5. The molecule has 5 rings (SSSR count). The molecule has 1 N–H and O–H groups in total. The molecule has 2 aromatic rings. The minimum Gasteiger partial charge on any atom is -0.352 e. The summed E-state index contributed by atoms with van der Waals surface area (Å²) in [5.41, 5.74) is -0.520. The van der Waals surface area contributed by atoms with Gasteiger partial charge in [0, 0.05) is 18.1 Å². The normalized spacial score (nSPS) is 26.7. The van der Waals surface area contributed by atoms with E-state index in [9.17, 15) is 18.8 Å². The summed E-state index contributed by atoms with van der Waals surface area (Å²) in [7, 11) is 1.98.